The van der Waals surface area contributed by atoms with Gasteiger partial charge in [-0.05, 0) is 24.6 Å². The number of nitrogens with zero attached hydrogens (tertiary/aromatic N) is 1. The van der Waals surface area contributed by atoms with Crippen LogP contribution in [-0.4, -0.2) is 24.0 Å². The number of fused-ring (bicyclic) bond motifs is 1. The molecule has 0 saturated heterocycles. The summed E-state index contributed by atoms with van der Waals surface area (Å²) in [6, 6.07) is 5.04. The SMILES string of the molecule is CCCC(=O)CN1C(=O)C(=O)c2cc(Br)ccc21. The third-order valence-corrected chi connectivity index (χ3v) is 3.29. The second-order valence-electron chi connectivity index (χ2n) is 4.17. The standard InChI is InChI=1S/C13H12BrNO3/c1-2-3-9(16)7-15-11-5-4-8(14)6-10(11)12(17)13(15)18/h4-6H,2-3,7H2,1H3. The number of benzene rings is 1. The smallest absolute Gasteiger partial charge is 0.298 e. The summed E-state index contributed by atoms with van der Waals surface area (Å²) in [5.74, 6) is -1.20. The maximum absolute atomic E-state index is 11.8. The first kappa shape index (κ1) is 13.0. The molecule has 1 aliphatic heterocycles. The minimum atomic E-state index is -0.618. The lowest BCUT2D eigenvalue weighted by Crippen LogP contribution is -2.34. The van der Waals surface area contributed by atoms with Crippen molar-refractivity contribution in [3.05, 3.63) is 28.2 Å². The number of Topliss-reactive ketones (excluding diaryl/α,β-unsaturated/α-hetero) is 2. The summed E-state index contributed by atoms with van der Waals surface area (Å²) in [6.07, 6.45) is 1.16. The number of ketones is 2. The molecule has 0 saturated carbocycles. The molecular formula is C13H12BrNO3. The van der Waals surface area contributed by atoms with Crippen molar-refractivity contribution >= 4 is 39.1 Å². The van der Waals surface area contributed by atoms with Gasteiger partial charge in [0, 0.05) is 10.9 Å². The van der Waals surface area contributed by atoms with Gasteiger partial charge in [-0.3, -0.25) is 19.3 Å². The minimum Gasteiger partial charge on any atom is -0.298 e. The average molecular weight is 310 g/mol. The molecule has 0 N–H and O–H groups in total. The van der Waals surface area contributed by atoms with Crippen molar-refractivity contribution in [2.24, 2.45) is 0 Å². The summed E-state index contributed by atoms with van der Waals surface area (Å²) in [5.41, 5.74) is 0.885. The highest BCUT2D eigenvalue weighted by Gasteiger charge is 2.36. The third-order valence-electron chi connectivity index (χ3n) is 2.80. The molecule has 1 heterocycles. The lowest BCUT2D eigenvalue weighted by molar-refractivity contribution is -0.120. The van der Waals surface area contributed by atoms with Gasteiger partial charge in [-0.2, -0.15) is 0 Å². The molecule has 1 aromatic rings. The van der Waals surface area contributed by atoms with Crippen molar-refractivity contribution < 1.29 is 14.4 Å². The summed E-state index contributed by atoms with van der Waals surface area (Å²) >= 11 is 3.26. The van der Waals surface area contributed by atoms with Crippen LogP contribution in [0.2, 0.25) is 0 Å². The molecule has 1 aromatic carbocycles. The minimum absolute atomic E-state index is 0.0208. The van der Waals surface area contributed by atoms with E-state index in [-0.39, 0.29) is 12.3 Å². The molecule has 0 fully saturated rings. The van der Waals surface area contributed by atoms with Gasteiger partial charge in [0.2, 0.25) is 0 Å². The second kappa shape index (κ2) is 5.02. The van der Waals surface area contributed by atoms with Crippen molar-refractivity contribution in [3.8, 4) is 0 Å². The van der Waals surface area contributed by atoms with E-state index in [2.05, 4.69) is 15.9 Å². The molecule has 2 rings (SSSR count). The van der Waals surface area contributed by atoms with E-state index in [9.17, 15) is 14.4 Å². The molecule has 0 aromatic heterocycles. The molecule has 18 heavy (non-hydrogen) atoms. The Bertz CT molecular complexity index is 539. The summed E-state index contributed by atoms with van der Waals surface area (Å²) < 4.78 is 0.740. The van der Waals surface area contributed by atoms with Crippen LogP contribution in [0.5, 0.6) is 0 Å². The Balaban J connectivity index is 2.31. The van der Waals surface area contributed by atoms with E-state index < -0.39 is 11.7 Å². The van der Waals surface area contributed by atoms with Crippen LogP contribution in [0.3, 0.4) is 0 Å². The first-order valence-electron chi connectivity index (χ1n) is 5.72. The molecule has 0 atom stereocenters. The van der Waals surface area contributed by atoms with E-state index in [0.29, 0.717) is 17.7 Å². The molecule has 0 aliphatic carbocycles. The Labute approximate surface area is 113 Å². The lowest BCUT2D eigenvalue weighted by Gasteiger charge is -2.15. The Kier molecular flexibility index (Phi) is 3.61. The average Bonchev–Trinajstić information content (AvgIpc) is 2.55. The number of carbonyl (C=O) groups is 3. The fourth-order valence-electron chi connectivity index (χ4n) is 1.96. The van der Waals surface area contributed by atoms with E-state index in [4.69, 9.17) is 0 Å². The van der Waals surface area contributed by atoms with Gasteiger partial charge in [-0.25, -0.2) is 0 Å². The van der Waals surface area contributed by atoms with Crippen molar-refractivity contribution in [1.29, 1.82) is 0 Å². The summed E-state index contributed by atoms with van der Waals surface area (Å²) in [5, 5.41) is 0. The van der Waals surface area contributed by atoms with Crippen LogP contribution in [0.25, 0.3) is 0 Å². The first-order valence-corrected chi connectivity index (χ1v) is 6.51. The highest BCUT2D eigenvalue weighted by atomic mass is 79.9. The van der Waals surface area contributed by atoms with Crippen LogP contribution in [0.4, 0.5) is 5.69 Å². The molecule has 1 amide bonds. The Morgan fingerprint density at radius 1 is 1.33 bits per heavy atom. The van der Waals surface area contributed by atoms with Crippen molar-refractivity contribution in [2.75, 3.05) is 11.4 Å². The van der Waals surface area contributed by atoms with Crippen molar-refractivity contribution in [1.82, 2.24) is 0 Å². The molecule has 4 nitrogen and oxygen atoms in total. The van der Waals surface area contributed by atoms with E-state index >= 15 is 0 Å². The lowest BCUT2D eigenvalue weighted by atomic mass is 10.1. The number of anilines is 1. The number of amides is 1. The van der Waals surface area contributed by atoms with Gasteiger partial charge >= 0.3 is 0 Å². The maximum Gasteiger partial charge on any atom is 0.299 e. The van der Waals surface area contributed by atoms with Crippen molar-refractivity contribution in [2.45, 2.75) is 19.8 Å². The molecule has 0 bridgehead atoms. The van der Waals surface area contributed by atoms with E-state index in [1.807, 2.05) is 6.92 Å². The van der Waals surface area contributed by atoms with E-state index in [1.54, 1.807) is 18.2 Å². The van der Waals surface area contributed by atoms with E-state index in [0.717, 1.165) is 10.9 Å². The van der Waals surface area contributed by atoms with Gasteiger partial charge in [-0.1, -0.05) is 22.9 Å². The van der Waals surface area contributed by atoms with E-state index in [1.165, 1.54) is 4.90 Å². The Morgan fingerprint density at radius 3 is 2.72 bits per heavy atom. The molecular weight excluding hydrogens is 298 g/mol. The second-order valence-corrected chi connectivity index (χ2v) is 5.09. The van der Waals surface area contributed by atoms with Gasteiger partial charge in [0.1, 0.15) is 0 Å². The van der Waals surface area contributed by atoms with Crippen LogP contribution in [0.15, 0.2) is 22.7 Å². The quantitative estimate of drug-likeness (QED) is 0.802. The number of rotatable bonds is 4. The van der Waals surface area contributed by atoms with Crippen LogP contribution in [-0.2, 0) is 9.59 Å². The molecule has 94 valence electrons. The number of carbonyl (C=O) groups excluding carboxylic acids is 3. The van der Waals surface area contributed by atoms with Crippen LogP contribution < -0.4 is 4.90 Å². The summed E-state index contributed by atoms with van der Waals surface area (Å²) in [7, 11) is 0. The first-order chi connectivity index (χ1) is 8.54. The van der Waals surface area contributed by atoms with Gasteiger partial charge in [0.15, 0.2) is 5.78 Å². The Morgan fingerprint density at radius 2 is 2.06 bits per heavy atom. The fourth-order valence-corrected chi connectivity index (χ4v) is 2.32. The topological polar surface area (TPSA) is 54.5 Å². The molecule has 0 spiro atoms. The monoisotopic (exact) mass is 309 g/mol. The van der Waals surface area contributed by atoms with Gasteiger partial charge < -0.3 is 0 Å². The Hall–Kier alpha value is -1.49. The zero-order valence-corrected chi connectivity index (χ0v) is 11.5. The fraction of sp³-hybridized carbons (Fsp3) is 0.308. The predicted octanol–water partition coefficient (Wildman–Crippen LogP) is 2.35. The van der Waals surface area contributed by atoms with Crippen molar-refractivity contribution in [3.63, 3.8) is 0 Å². The third kappa shape index (κ3) is 2.22. The van der Waals surface area contributed by atoms with Gasteiger partial charge in [0.25, 0.3) is 11.7 Å². The van der Waals surface area contributed by atoms with Crippen LogP contribution in [0, 0.1) is 0 Å². The summed E-state index contributed by atoms with van der Waals surface area (Å²) in [6.45, 7) is 1.88. The van der Waals surface area contributed by atoms with Gasteiger partial charge in [0.05, 0.1) is 17.8 Å². The van der Waals surface area contributed by atoms with Gasteiger partial charge in [-0.15, -0.1) is 0 Å². The normalized spacial score (nSPS) is 14.0. The predicted molar refractivity (Wildman–Crippen MR) is 70.7 cm³/mol. The highest BCUT2D eigenvalue weighted by Crippen LogP contribution is 2.31. The largest absolute Gasteiger partial charge is 0.299 e. The zero-order chi connectivity index (χ0) is 13.3. The summed E-state index contributed by atoms with van der Waals surface area (Å²) in [4.78, 5) is 36.5. The molecule has 0 radical (unpaired) electrons. The van der Waals surface area contributed by atoms with Crippen LogP contribution >= 0.6 is 15.9 Å². The maximum atomic E-state index is 11.8. The molecule has 5 heteroatoms. The van der Waals surface area contributed by atoms with Crippen LogP contribution in [0.1, 0.15) is 30.1 Å². The zero-order valence-electron chi connectivity index (χ0n) is 9.90. The molecule has 0 unspecified atom stereocenters. The number of hydrogen-bond acceptors (Lipinski definition) is 3. The number of halogens is 1. The highest BCUT2D eigenvalue weighted by molar-refractivity contribution is 9.10. The number of hydrogen-bond donors (Lipinski definition) is 0. The molecule has 1 aliphatic rings.